The van der Waals surface area contributed by atoms with E-state index < -0.39 is 0 Å². The van der Waals surface area contributed by atoms with Crippen LogP contribution in [-0.2, 0) is 0 Å². The Bertz CT molecular complexity index is 1390. The lowest BCUT2D eigenvalue weighted by Gasteiger charge is -2.14. The zero-order valence-corrected chi connectivity index (χ0v) is 18.2. The maximum absolute atomic E-state index is 6.28. The van der Waals surface area contributed by atoms with Gasteiger partial charge in [0.1, 0.15) is 12.4 Å². The summed E-state index contributed by atoms with van der Waals surface area (Å²) in [6.45, 7) is 2.36. The number of aromatic amines is 2. The van der Waals surface area contributed by atoms with E-state index in [4.69, 9.17) is 39.5 Å². The van der Waals surface area contributed by atoms with Gasteiger partial charge in [0.05, 0.1) is 17.6 Å². The number of hydrazone groups is 1. The van der Waals surface area contributed by atoms with Gasteiger partial charge in [0, 0.05) is 42.6 Å². The maximum atomic E-state index is 6.28. The van der Waals surface area contributed by atoms with Crippen molar-refractivity contribution in [3.05, 3.63) is 52.5 Å². The number of fused-ring (bicyclic) bond motifs is 6. The number of halogens is 2. The van der Waals surface area contributed by atoms with Gasteiger partial charge in [-0.2, -0.15) is 0 Å². The van der Waals surface area contributed by atoms with E-state index in [2.05, 4.69) is 21.1 Å². The fourth-order valence-corrected chi connectivity index (χ4v) is 4.28. The molecule has 0 aliphatic rings. The molecule has 158 valence electrons. The minimum Gasteiger partial charge on any atom is -0.487 e. The third kappa shape index (κ3) is 3.50. The molecule has 0 saturated carbocycles. The first kappa shape index (κ1) is 19.8. The van der Waals surface area contributed by atoms with Gasteiger partial charge < -0.3 is 20.4 Å². The molecule has 5 aromatic rings. The lowest BCUT2D eigenvalue weighted by Crippen LogP contribution is -2.32. The summed E-state index contributed by atoms with van der Waals surface area (Å²) >= 11 is 12.6. The molecule has 0 unspecified atom stereocenters. The number of aromatic nitrogens is 2. The van der Waals surface area contributed by atoms with Crippen LogP contribution in [0.2, 0.25) is 10.0 Å². The van der Waals surface area contributed by atoms with Gasteiger partial charge in [-0.1, -0.05) is 23.2 Å². The number of nitrogens with two attached hydrogens (primary N) is 2. The van der Waals surface area contributed by atoms with Crippen molar-refractivity contribution < 1.29 is 4.74 Å². The molecule has 0 radical (unpaired) electrons. The molecular weight excluding hydrogens is 435 g/mol. The summed E-state index contributed by atoms with van der Waals surface area (Å²) in [7, 11) is 0. The van der Waals surface area contributed by atoms with Crippen LogP contribution in [0.15, 0.2) is 47.6 Å². The van der Waals surface area contributed by atoms with Crippen LogP contribution in [0.1, 0.15) is 6.92 Å². The number of hydrogen-bond donors (Lipinski definition) is 4. The average molecular weight is 455 g/mol. The molecule has 0 saturated heterocycles. The molecule has 6 N–H and O–H groups in total. The normalized spacial score (nSPS) is 12.5. The van der Waals surface area contributed by atoms with Crippen molar-refractivity contribution in [1.82, 2.24) is 15.1 Å². The monoisotopic (exact) mass is 454 g/mol. The van der Waals surface area contributed by atoms with Gasteiger partial charge in [-0.25, -0.2) is 11.0 Å². The van der Waals surface area contributed by atoms with Crippen LogP contribution < -0.4 is 16.3 Å². The highest BCUT2D eigenvalue weighted by molar-refractivity contribution is 6.33. The second kappa shape index (κ2) is 7.53. The number of rotatable bonds is 5. The fraction of sp³-hybridized carbons (Fsp3) is 0.136. The molecule has 0 aliphatic heterocycles. The Morgan fingerprint density at radius 1 is 0.935 bits per heavy atom. The standard InChI is InChI=1S/C22H20Cl2N6O/c1-11(25)29-30(26)6-7-31-22-20-16(14-8-12(23)2-4-18(14)27-20)10-17-15-9-13(24)3-5-19(15)28-21(17)22/h2-5,8-10,27-28H,6-7,26H2,1H3,(H2,25,29). The summed E-state index contributed by atoms with van der Waals surface area (Å²) in [5, 5.41) is 10.7. The third-order valence-corrected chi connectivity index (χ3v) is 5.67. The first-order chi connectivity index (χ1) is 14.9. The predicted octanol–water partition coefficient (Wildman–Crippen LogP) is 5.11. The van der Waals surface area contributed by atoms with Gasteiger partial charge in [0.2, 0.25) is 0 Å². The molecule has 0 atom stereocenters. The largest absolute Gasteiger partial charge is 0.487 e. The van der Waals surface area contributed by atoms with Crippen LogP contribution in [0.3, 0.4) is 0 Å². The highest BCUT2D eigenvalue weighted by Crippen LogP contribution is 2.41. The Kier molecular flexibility index (Phi) is 4.81. The lowest BCUT2D eigenvalue weighted by molar-refractivity contribution is 0.221. The van der Waals surface area contributed by atoms with Crippen molar-refractivity contribution in [2.45, 2.75) is 6.92 Å². The van der Waals surface area contributed by atoms with Crippen LogP contribution in [0.4, 0.5) is 0 Å². The molecule has 2 heterocycles. The van der Waals surface area contributed by atoms with Crippen LogP contribution in [0, 0.1) is 0 Å². The van der Waals surface area contributed by atoms with Gasteiger partial charge in [-0.15, -0.1) is 5.10 Å². The minimum atomic E-state index is 0.313. The van der Waals surface area contributed by atoms with Crippen molar-refractivity contribution in [3.8, 4) is 5.75 Å². The topological polar surface area (TPSA) is 108 Å². The van der Waals surface area contributed by atoms with Gasteiger partial charge in [-0.05, 0) is 49.4 Å². The molecule has 0 spiro atoms. The van der Waals surface area contributed by atoms with Gasteiger partial charge in [-0.3, -0.25) is 0 Å². The van der Waals surface area contributed by atoms with Gasteiger partial charge in [0.15, 0.2) is 5.75 Å². The van der Waals surface area contributed by atoms with Crippen molar-refractivity contribution in [1.29, 1.82) is 0 Å². The Labute approximate surface area is 187 Å². The summed E-state index contributed by atoms with van der Waals surface area (Å²) < 4.78 is 6.24. The van der Waals surface area contributed by atoms with Crippen LogP contribution >= 0.6 is 23.2 Å². The number of nitrogens with one attached hydrogen (secondary N) is 2. The van der Waals surface area contributed by atoms with E-state index in [1.165, 1.54) is 5.12 Å². The van der Waals surface area contributed by atoms with Crippen LogP contribution in [0.25, 0.3) is 43.6 Å². The molecule has 31 heavy (non-hydrogen) atoms. The van der Waals surface area contributed by atoms with Crippen LogP contribution in [-0.4, -0.2) is 34.1 Å². The van der Waals surface area contributed by atoms with Crippen molar-refractivity contribution >= 4 is 72.6 Å². The molecular formula is C22H20Cl2N6O. The highest BCUT2D eigenvalue weighted by atomic mass is 35.5. The Morgan fingerprint density at radius 3 is 2.00 bits per heavy atom. The van der Waals surface area contributed by atoms with E-state index in [-0.39, 0.29) is 0 Å². The van der Waals surface area contributed by atoms with Gasteiger partial charge >= 0.3 is 0 Å². The molecule has 9 heteroatoms. The maximum Gasteiger partial charge on any atom is 0.167 e. The summed E-state index contributed by atoms with van der Waals surface area (Å²) in [6.07, 6.45) is 0. The average Bonchev–Trinajstić information content (AvgIpc) is 3.25. The van der Waals surface area contributed by atoms with Crippen molar-refractivity contribution in [2.24, 2.45) is 16.7 Å². The number of H-pyrrole nitrogens is 2. The van der Waals surface area contributed by atoms with Crippen LogP contribution in [0.5, 0.6) is 5.75 Å². The quantitative estimate of drug-likeness (QED) is 0.128. The van der Waals surface area contributed by atoms with E-state index in [1.54, 1.807) is 6.92 Å². The van der Waals surface area contributed by atoms with E-state index in [9.17, 15) is 0 Å². The third-order valence-electron chi connectivity index (χ3n) is 5.20. The Balaban J connectivity index is 1.72. The molecule has 0 bridgehead atoms. The predicted molar refractivity (Wildman–Crippen MR) is 129 cm³/mol. The molecule has 3 aromatic carbocycles. The smallest absolute Gasteiger partial charge is 0.167 e. The fourth-order valence-electron chi connectivity index (χ4n) is 3.94. The summed E-state index contributed by atoms with van der Waals surface area (Å²) in [6, 6.07) is 13.7. The van der Waals surface area contributed by atoms with E-state index in [0.717, 1.165) is 43.6 Å². The Morgan fingerprint density at radius 2 is 1.48 bits per heavy atom. The highest BCUT2D eigenvalue weighted by Gasteiger charge is 2.18. The molecule has 0 aliphatic carbocycles. The summed E-state index contributed by atoms with van der Waals surface area (Å²) in [5.41, 5.74) is 9.30. The summed E-state index contributed by atoms with van der Waals surface area (Å²) in [5.74, 6) is 6.95. The van der Waals surface area contributed by atoms with Crippen molar-refractivity contribution in [3.63, 3.8) is 0 Å². The van der Waals surface area contributed by atoms with E-state index in [1.807, 2.05) is 36.4 Å². The number of amidine groups is 1. The zero-order chi connectivity index (χ0) is 21.7. The molecule has 0 amide bonds. The first-order valence-corrected chi connectivity index (χ1v) is 10.5. The number of ether oxygens (including phenoxy) is 1. The number of benzene rings is 3. The first-order valence-electron chi connectivity index (χ1n) is 9.71. The molecule has 2 aromatic heterocycles. The minimum absolute atomic E-state index is 0.313. The van der Waals surface area contributed by atoms with Gasteiger partial charge in [0.25, 0.3) is 0 Å². The summed E-state index contributed by atoms with van der Waals surface area (Å²) in [4.78, 5) is 6.94. The van der Waals surface area contributed by atoms with E-state index in [0.29, 0.717) is 34.8 Å². The molecule has 7 nitrogen and oxygen atoms in total. The number of nitrogens with zero attached hydrogens (tertiary/aromatic N) is 2. The lowest BCUT2D eigenvalue weighted by atomic mass is 10.1. The van der Waals surface area contributed by atoms with E-state index >= 15 is 0 Å². The number of hydrazine groups is 1. The second-order valence-corrected chi connectivity index (χ2v) is 8.31. The molecule has 0 fully saturated rings. The van der Waals surface area contributed by atoms with Crippen molar-refractivity contribution in [2.75, 3.05) is 13.2 Å². The Hall–Kier alpha value is -3.13. The second-order valence-electron chi connectivity index (χ2n) is 7.43. The molecule has 5 rings (SSSR count). The SMILES string of the molecule is C/C(N)=N/N(N)CCOc1c2[nH]c3ccc(Cl)cc3c2cc2c1[nH]c1ccc(Cl)cc12. The number of hydrogen-bond acceptors (Lipinski definition) is 4. The zero-order valence-electron chi connectivity index (χ0n) is 16.7.